The number of rotatable bonds is 5. The number of hydrogen-bond acceptors (Lipinski definition) is 3. The van der Waals surface area contributed by atoms with Crippen LogP contribution >= 0.6 is 11.6 Å². The molecule has 1 aromatic rings. The van der Waals surface area contributed by atoms with E-state index in [0.29, 0.717) is 30.6 Å². The first-order valence-corrected chi connectivity index (χ1v) is 9.19. The lowest BCUT2D eigenvalue weighted by molar-refractivity contribution is -0.127. The van der Waals surface area contributed by atoms with Gasteiger partial charge in [-0.25, -0.2) is 4.79 Å². The number of likely N-dealkylation sites (tertiary alicyclic amines) is 1. The molecule has 2 rings (SSSR count). The molecule has 0 radical (unpaired) electrons. The SMILES string of the molecule is CC(C)CNC(=O)N1CCCC(C(=O)N[C@@H](C)c2ccc(Cl)cn2)C1. The lowest BCUT2D eigenvalue weighted by Crippen LogP contribution is -2.49. The summed E-state index contributed by atoms with van der Waals surface area (Å²) in [7, 11) is 0. The zero-order valence-corrected chi connectivity index (χ0v) is 15.8. The van der Waals surface area contributed by atoms with Crippen LogP contribution in [0.4, 0.5) is 4.79 Å². The van der Waals surface area contributed by atoms with Gasteiger partial charge in [-0.1, -0.05) is 25.4 Å². The van der Waals surface area contributed by atoms with E-state index in [-0.39, 0.29) is 23.9 Å². The number of halogens is 1. The van der Waals surface area contributed by atoms with Gasteiger partial charge in [-0.3, -0.25) is 9.78 Å². The molecule has 0 aliphatic carbocycles. The zero-order chi connectivity index (χ0) is 18.4. The van der Waals surface area contributed by atoms with Crippen LogP contribution in [0, 0.1) is 11.8 Å². The van der Waals surface area contributed by atoms with E-state index in [9.17, 15) is 9.59 Å². The number of carbonyl (C=O) groups is 2. The van der Waals surface area contributed by atoms with Gasteiger partial charge in [0, 0.05) is 25.8 Å². The molecule has 0 aromatic carbocycles. The summed E-state index contributed by atoms with van der Waals surface area (Å²) in [4.78, 5) is 30.7. The summed E-state index contributed by atoms with van der Waals surface area (Å²) >= 11 is 5.84. The molecule has 1 aliphatic heterocycles. The van der Waals surface area contributed by atoms with E-state index in [1.54, 1.807) is 23.2 Å². The van der Waals surface area contributed by atoms with Crippen LogP contribution in [-0.4, -0.2) is 41.5 Å². The fourth-order valence-electron chi connectivity index (χ4n) is 2.83. The van der Waals surface area contributed by atoms with E-state index in [1.165, 1.54) is 0 Å². The predicted octanol–water partition coefficient (Wildman–Crippen LogP) is 2.99. The second-order valence-electron chi connectivity index (χ2n) is 7.00. The van der Waals surface area contributed by atoms with Crippen LogP contribution in [-0.2, 0) is 4.79 Å². The first-order valence-electron chi connectivity index (χ1n) is 8.81. The molecule has 1 unspecified atom stereocenters. The molecule has 138 valence electrons. The molecule has 1 aromatic heterocycles. The molecular weight excluding hydrogens is 340 g/mol. The van der Waals surface area contributed by atoms with Gasteiger partial charge in [0.1, 0.15) is 0 Å². The van der Waals surface area contributed by atoms with Crippen LogP contribution in [0.1, 0.15) is 45.3 Å². The molecule has 2 heterocycles. The Hall–Kier alpha value is -1.82. The Morgan fingerprint density at radius 2 is 2.12 bits per heavy atom. The van der Waals surface area contributed by atoms with E-state index in [4.69, 9.17) is 11.6 Å². The summed E-state index contributed by atoms with van der Waals surface area (Å²) in [6.45, 7) is 7.80. The van der Waals surface area contributed by atoms with Gasteiger partial charge < -0.3 is 15.5 Å². The van der Waals surface area contributed by atoms with Crippen LogP contribution in [0.15, 0.2) is 18.3 Å². The standard InChI is InChI=1S/C18H27ClN4O2/c1-12(2)9-21-18(25)23-8-4-5-14(11-23)17(24)22-13(3)16-7-6-15(19)10-20-16/h6-7,10,12-14H,4-5,8-9,11H2,1-3H3,(H,21,25)(H,22,24)/t13-,14?/m0/s1. The minimum absolute atomic E-state index is 0.0365. The van der Waals surface area contributed by atoms with Gasteiger partial charge in [0.2, 0.25) is 5.91 Å². The smallest absolute Gasteiger partial charge is 0.317 e. The van der Waals surface area contributed by atoms with Crippen LogP contribution in [0.25, 0.3) is 0 Å². The highest BCUT2D eigenvalue weighted by Crippen LogP contribution is 2.19. The van der Waals surface area contributed by atoms with Crippen molar-refractivity contribution in [3.63, 3.8) is 0 Å². The van der Waals surface area contributed by atoms with Gasteiger partial charge >= 0.3 is 6.03 Å². The van der Waals surface area contributed by atoms with Crippen molar-refractivity contribution < 1.29 is 9.59 Å². The second kappa shape index (κ2) is 9.04. The van der Waals surface area contributed by atoms with Crippen molar-refractivity contribution >= 4 is 23.5 Å². The number of carbonyl (C=O) groups excluding carboxylic acids is 2. The Morgan fingerprint density at radius 3 is 2.76 bits per heavy atom. The Kier molecular flexibility index (Phi) is 7.05. The van der Waals surface area contributed by atoms with Crippen molar-refractivity contribution in [3.05, 3.63) is 29.0 Å². The molecule has 1 aliphatic rings. The fourth-order valence-corrected chi connectivity index (χ4v) is 2.94. The first-order chi connectivity index (χ1) is 11.9. The quantitative estimate of drug-likeness (QED) is 0.841. The molecule has 2 atom stereocenters. The highest BCUT2D eigenvalue weighted by molar-refractivity contribution is 6.30. The highest BCUT2D eigenvalue weighted by atomic mass is 35.5. The first kappa shape index (κ1) is 19.5. The average Bonchev–Trinajstić information content (AvgIpc) is 2.60. The molecule has 0 spiro atoms. The third-order valence-electron chi connectivity index (χ3n) is 4.29. The van der Waals surface area contributed by atoms with Crippen LogP contribution in [0.5, 0.6) is 0 Å². The summed E-state index contributed by atoms with van der Waals surface area (Å²) in [5.41, 5.74) is 0.764. The maximum Gasteiger partial charge on any atom is 0.317 e. The summed E-state index contributed by atoms with van der Waals surface area (Å²) in [6, 6.07) is 3.28. The second-order valence-corrected chi connectivity index (χ2v) is 7.43. The van der Waals surface area contributed by atoms with Crippen LogP contribution < -0.4 is 10.6 Å². The summed E-state index contributed by atoms with van der Waals surface area (Å²) < 4.78 is 0. The van der Waals surface area contributed by atoms with Crippen molar-refractivity contribution in [2.24, 2.45) is 11.8 Å². The topological polar surface area (TPSA) is 74.3 Å². The van der Waals surface area contributed by atoms with Crippen LogP contribution in [0.2, 0.25) is 5.02 Å². The minimum atomic E-state index is -0.199. The third kappa shape index (κ3) is 5.88. The molecule has 3 amide bonds. The molecule has 7 heteroatoms. The van der Waals surface area contributed by atoms with E-state index in [2.05, 4.69) is 29.5 Å². The van der Waals surface area contributed by atoms with Crippen molar-refractivity contribution in [1.82, 2.24) is 20.5 Å². The molecule has 6 nitrogen and oxygen atoms in total. The zero-order valence-electron chi connectivity index (χ0n) is 15.1. The largest absolute Gasteiger partial charge is 0.348 e. The Balaban J connectivity index is 1.88. The maximum absolute atomic E-state index is 12.6. The van der Waals surface area contributed by atoms with Gasteiger partial charge in [0.25, 0.3) is 0 Å². The summed E-state index contributed by atoms with van der Waals surface area (Å²) in [5, 5.41) is 6.48. The lowest BCUT2D eigenvalue weighted by Gasteiger charge is -2.32. The number of amides is 3. The number of nitrogens with zero attached hydrogens (tertiary/aromatic N) is 2. The van der Waals surface area contributed by atoms with Crippen molar-refractivity contribution in [3.8, 4) is 0 Å². The van der Waals surface area contributed by atoms with E-state index in [1.807, 2.05) is 6.92 Å². The van der Waals surface area contributed by atoms with Gasteiger partial charge in [0.05, 0.1) is 22.7 Å². The number of urea groups is 1. The fraction of sp³-hybridized carbons (Fsp3) is 0.611. The lowest BCUT2D eigenvalue weighted by atomic mass is 9.97. The van der Waals surface area contributed by atoms with E-state index < -0.39 is 0 Å². The molecule has 0 bridgehead atoms. The summed E-state index contributed by atoms with van der Waals surface area (Å²) in [5.74, 6) is 0.180. The van der Waals surface area contributed by atoms with Gasteiger partial charge in [-0.15, -0.1) is 0 Å². The van der Waals surface area contributed by atoms with Gasteiger partial charge in [0.15, 0.2) is 0 Å². The minimum Gasteiger partial charge on any atom is -0.348 e. The van der Waals surface area contributed by atoms with Gasteiger partial charge in [-0.2, -0.15) is 0 Å². The van der Waals surface area contributed by atoms with Crippen molar-refractivity contribution in [2.75, 3.05) is 19.6 Å². The number of nitrogens with one attached hydrogen (secondary N) is 2. The number of pyridine rings is 1. The van der Waals surface area contributed by atoms with Gasteiger partial charge in [-0.05, 0) is 37.8 Å². The van der Waals surface area contributed by atoms with E-state index >= 15 is 0 Å². The Labute approximate surface area is 154 Å². The molecule has 1 fully saturated rings. The third-order valence-corrected chi connectivity index (χ3v) is 4.52. The van der Waals surface area contributed by atoms with Crippen LogP contribution in [0.3, 0.4) is 0 Å². The Bertz CT molecular complexity index is 591. The summed E-state index contributed by atoms with van der Waals surface area (Å²) in [6.07, 6.45) is 3.20. The number of hydrogen-bond donors (Lipinski definition) is 2. The predicted molar refractivity (Wildman–Crippen MR) is 98.3 cm³/mol. The molecule has 1 saturated heterocycles. The number of aromatic nitrogens is 1. The molecule has 0 saturated carbocycles. The number of piperidine rings is 1. The van der Waals surface area contributed by atoms with Crippen molar-refractivity contribution in [1.29, 1.82) is 0 Å². The molecule has 2 N–H and O–H groups in total. The van der Waals surface area contributed by atoms with E-state index in [0.717, 1.165) is 18.5 Å². The molecular formula is C18H27ClN4O2. The normalized spacial score (nSPS) is 18.8. The molecule has 25 heavy (non-hydrogen) atoms. The maximum atomic E-state index is 12.6. The Morgan fingerprint density at radius 1 is 1.36 bits per heavy atom. The van der Waals surface area contributed by atoms with Crippen molar-refractivity contribution in [2.45, 2.75) is 39.7 Å². The highest BCUT2D eigenvalue weighted by Gasteiger charge is 2.29. The monoisotopic (exact) mass is 366 g/mol. The average molecular weight is 367 g/mol.